The highest BCUT2D eigenvalue weighted by Gasteiger charge is 2.26. The van der Waals surface area contributed by atoms with Crippen molar-refractivity contribution in [2.75, 3.05) is 6.54 Å². The number of hydrogen-bond donors (Lipinski definition) is 2. The van der Waals surface area contributed by atoms with E-state index in [0.29, 0.717) is 18.5 Å². The van der Waals surface area contributed by atoms with Crippen molar-refractivity contribution in [3.63, 3.8) is 0 Å². The number of nitrogens with zero attached hydrogens (tertiary/aromatic N) is 2. The maximum atomic E-state index is 12.4. The molecule has 7 nitrogen and oxygen atoms in total. The first-order valence-corrected chi connectivity index (χ1v) is 7.96. The molecule has 0 fully saturated rings. The van der Waals surface area contributed by atoms with Crippen molar-refractivity contribution in [2.45, 2.75) is 40.3 Å². The van der Waals surface area contributed by atoms with E-state index in [1.54, 1.807) is 18.4 Å². The molecule has 2 N–H and O–H groups in total. The summed E-state index contributed by atoms with van der Waals surface area (Å²) in [6, 6.07) is 7.34. The minimum absolute atomic E-state index is 0.0835. The number of imidazole rings is 1. The average molecular weight is 333 g/mol. The quantitative estimate of drug-likeness (QED) is 0.802. The van der Waals surface area contributed by atoms with Gasteiger partial charge in [0.05, 0.1) is 16.4 Å². The molecule has 0 aliphatic heterocycles. The molecule has 0 aliphatic carbocycles. The predicted molar refractivity (Wildman–Crippen MR) is 90.9 cm³/mol. The molecule has 1 aromatic carbocycles. The fourth-order valence-electron chi connectivity index (χ4n) is 2.55. The van der Waals surface area contributed by atoms with Crippen molar-refractivity contribution in [1.82, 2.24) is 14.5 Å². The van der Waals surface area contributed by atoms with E-state index < -0.39 is 11.4 Å². The van der Waals surface area contributed by atoms with Crippen LogP contribution in [0.5, 0.6) is 0 Å². The summed E-state index contributed by atoms with van der Waals surface area (Å²) in [7, 11) is 0. The molecule has 1 aromatic heterocycles. The van der Waals surface area contributed by atoms with E-state index in [4.69, 9.17) is 5.11 Å². The summed E-state index contributed by atoms with van der Waals surface area (Å²) in [5, 5.41) is 11.8. The largest absolute Gasteiger partial charge is 0.481 e. The number of aliphatic carboxylic acids is 1. The maximum absolute atomic E-state index is 12.4. The van der Waals surface area contributed by atoms with E-state index in [-0.39, 0.29) is 24.7 Å². The van der Waals surface area contributed by atoms with Gasteiger partial charge in [-0.2, -0.15) is 0 Å². The summed E-state index contributed by atoms with van der Waals surface area (Å²) in [5.74, 6) is -1.21. The number of carboxylic acids is 1. The van der Waals surface area contributed by atoms with Gasteiger partial charge in [-0.25, -0.2) is 4.79 Å². The Morgan fingerprint density at radius 1 is 1.17 bits per heavy atom. The third-order valence-electron chi connectivity index (χ3n) is 4.19. The summed E-state index contributed by atoms with van der Waals surface area (Å²) >= 11 is 0. The van der Waals surface area contributed by atoms with Gasteiger partial charge in [-0.1, -0.05) is 12.1 Å². The van der Waals surface area contributed by atoms with E-state index in [0.717, 1.165) is 5.52 Å². The van der Waals surface area contributed by atoms with E-state index in [9.17, 15) is 14.4 Å². The topological polar surface area (TPSA) is 93.3 Å². The fourth-order valence-corrected chi connectivity index (χ4v) is 2.55. The molecule has 24 heavy (non-hydrogen) atoms. The van der Waals surface area contributed by atoms with Gasteiger partial charge >= 0.3 is 11.7 Å². The van der Waals surface area contributed by atoms with Crippen LogP contribution >= 0.6 is 0 Å². The Morgan fingerprint density at radius 3 is 2.29 bits per heavy atom. The van der Waals surface area contributed by atoms with Crippen LogP contribution in [-0.4, -0.2) is 32.7 Å². The van der Waals surface area contributed by atoms with Crippen LogP contribution in [0.2, 0.25) is 0 Å². The molecule has 7 heteroatoms. The van der Waals surface area contributed by atoms with E-state index >= 15 is 0 Å². The average Bonchev–Trinajstić information content (AvgIpc) is 2.79. The lowest BCUT2D eigenvalue weighted by molar-refractivity contribution is -0.147. The second kappa shape index (κ2) is 6.90. The number of rotatable bonds is 7. The first-order valence-electron chi connectivity index (χ1n) is 7.96. The van der Waals surface area contributed by atoms with Crippen LogP contribution in [0.25, 0.3) is 11.0 Å². The molecular formula is C17H23N3O4. The van der Waals surface area contributed by atoms with Gasteiger partial charge in [-0.3, -0.25) is 18.7 Å². The van der Waals surface area contributed by atoms with Crippen LogP contribution in [0, 0.1) is 5.41 Å². The number of hydrogen-bond acceptors (Lipinski definition) is 3. The Bertz CT molecular complexity index is 817. The molecule has 0 saturated carbocycles. The lowest BCUT2D eigenvalue weighted by Crippen LogP contribution is -2.36. The number of fused-ring (bicyclic) bond motifs is 1. The maximum Gasteiger partial charge on any atom is 0.329 e. The van der Waals surface area contributed by atoms with Gasteiger partial charge in [0.15, 0.2) is 0 Å². The number of amides is 1. The zero-order valence-electron chi connectivity index (χ0n) is 14.2. The molecule has 0 radical (unpaired) electrons. The number of aryl methyl sites for hydroxylation is 1. The molecule has 0 aliphatic rings. The van der Waals surface area contributed by atoms with Crippen molar-refractivity contribution < 1.29 is 14.7 Å². The van der Waals surface area contributed by atoms with Gasteiger partial charge in [-0.05, 0) is 39.3 Å². The van der Waals surface area contributed by atoms with Gasteiger partial charge < -0.3 is 10.4 Å². The van der Waals surface area contributed by atoms with Gasteiger partial charge in [0.25, 0.3) is 0 Å². The fraction of sp³-hybridized carbons (Fsp3) is 0.471. The van der Waals surface area contributed by atoms with E-state index in [2.05, 4.69) is 5.32 Å². The lowest BCUT2D eigenvalue weighted by Gasteiger charge is -2.18. The lowest BCUT2D eigenvalue weighted by atomic mass is 9.90. The van der Waals surface area contributed by atoms with Crippen LogP contribution in [0.4, 0.5) is 0 Å². The Labute approximate surface area is 139 Å². The number of nitrogens with one attached hydrogen (secondary N) is 1. The van der Waals surface area contributed by atoms with Gasteiger partial charge in [0.1, 0.15) is 6.54 Å². The third-order valence-corrected chi connectivity index (χ3v) is 4.19. The Balaban J connectivity index is 2.10. The number of carbonyl (C=O) groups excluding carboxylic acids is 1. The summed E-state index contributed by atoms with van der Waals surface area (Å²) in [6.45, 7) is 5.80. The Morgan fingerprint density at radius 2 is 1.75 bits per heavy atom. The molecule has 2 aromatic rings. The normalized spacial score (nSPS) is 11.6. The predicted octanol–water partition coefficient (Wildman–Crippen LogP) is 1.44. The molecule has 0 atom stereocenters. The van der Waals surface area contributed by atoms with Crippen molar-refractivity contribution >= 4 is 22.9 Å². The second-order valence-electron chi connectivity index (χ2n) is 6.39. The van der Waals surface area contributed by atoms with E-state index in [1.807, 2.05) is 31.2 Å². The van der Waals surface area contributed by atoms with Crippen LogP contribution in [0.15, 0.2) is 29.1 Å². The van der Waals surface area contributed by atoms with Crippen molar-refractivity contribution in [3.8, 4) is 0 Å². The zero-order valence-corrected chi connectivity index (χ0v) is 14.2. The van der Waals surface area contributed by atoms with Crippen LogP contribution < -0.4 is 11.0 Å². The molecule has 0 saturated heterocycles. The van der Waals surface area contributed by atoms with Crippen LogP contribution in [-0.2, 0) is 22.7 Å². The molecule has 2 rings (SSSR count). The molecule has 0 spiro atoms. The van der Waals surface area contributed by atoms with Gasteiger partial charge in [0, 0.05) is 13.1 Å². The Hall–Kier alpha value is -2.57. The van der Waals surface area contributed by atoms with Crippen molar-refractivity contribution in [2.24, 2.45) is 5.41 Å². The first kappa shape index (κ1) is 17.8. The SMILES string of the molecule is CCn1c(=O)n(CC(=O)NCCC(C)(C)C(=O)O)c2ccccc21. The highest BCUT2D eigenvalue weighted by atomic mass is 16.4. The summed E-state index contributed by atoms with van der Waals surface area (Å²) in [6.07, 6.45) is 0.319. The number of aromatic nitrogens is 2. The van der Waals surface area contributed by atoms with Crippen LogP contribution in [0.1, 0.15) is 27.2 Å². The zero-order chi connectivity index (χ0) is 17.9. The minimum Gasteiger partial charge on any atom is -0.481 e. The summed E-state index contributed by atoms with van der Waals surface area (Å²) in [4.78, 5) is 35.6. The summed E-state index contributed by atoms with van der Waals surface area (Å²) < 4.78 is 3.06. The molecule has 130 valence electrons. The van der Waals surface area contributed by atoms with Crippen LogP contribution in [0.3, 0.4) is 0 Å². The molecule has 0 unspecified atom stereocenters. The number of para-hydroxylation sites is 2. The number of carboxylic acid groups (broad SMARTS) is 1. The smallest absolute Gasteiger partial charge is 0.329 e. The summed E-state index contributed by atoms with van der Waals surface area (Å²) in [5.41, 5.74) is 0.386. The second-order valence-corrected chi connectivity index (χ2v) is 6.39. The number of benzene rings is 1. The standard InChI is InChI=1S/C17H23N3O4/c1-4-19-12-7-5-6-8-13(12)20(16(19)24)11-14(21)18-10-9-17(2,3)15(22)23/h5-8H,4,9-11H2,1-3H3,(H,18,21)(H,22,23). The van der Waals surface area contributed by atoms with Crippen molar-refractivity contribution in [1.29, 1.82) is 0 Å². The highest BCUT2D eigenvalue weighted by molar-refractivity contribution is 5.81. The number of carbonyl (C=O) groups is 2. The minimum atomic E-state index is -0.904. The van der Waals surface area contributed by atoms with Gasteiger partial charge in [0.2, 0.25) is 5.91 Å². The molecular weight excluding hydrogens is 310 g/mol. The first-order chi connectivity index (χ1) is 11.3. The molecule has 1 heterocycles. The monoisotopic (exact) mass is 333 g/mol. The molecule has 1 amide bonds. The van der Waals surface area contributed by atoms with Crippen molar-refractivity contribution in [3.05, 3.63) is 34.7 Å². The Kier molecular flexibility index (Phi) is 5.11. The van der Waals surface area contributed by atoms with Gasteiger partial charge in [-0.15, -0.1) is 0 Å². The highest BCUT2D eigenvalue weighted by Crippen LogP contribution is 2.19. The third kappa shape index (κ3) is 3.50. The molecule has 0 bridgehead atoms. The van der Waals surface area contributed by atoms with E-state index in [1.165, 1.54) is 4.57 Å².